The van der Waals surface area contributed by atoms with Crippen LogP contribution in [0.5, 0.6) is 0 Å². The van der Waals surface area contributed by atoms with Crippen LogP contribution >= 0.6 is 11.8 Å². The summed E-state index contributed by atoms with van der Waals surface area (Å²) in [5, 5.41) is 23.1. The van der Waals surface area contributed by atoms with Gasteiger partial charge in [0.15, 0.2) is 0 Å². The van der Waals surface area contributed by atoms with Gasteiger partial charge >= 0.3 is 12.0 Å². The fourth-order valence-electron chi connectivity index (χ4n) is 1.09. The molecule has 0 aromatic rings. The number of nitrogens with one attached hydrogen (secondary N) is 2. The van der Waals surface area contributed by atoms with Gasteiger partial charge in [-0.1, -0.05) is 5.92 Å². The van der Waals surface area contributed by atoms with Crippen LogP contribution in [0.2, 0.25) is 0 Å². The van der Waals surface area contributed by atoms with Crippen molar-refractivity contribution in [1.29, 1.82) is 0 Å². The van der Waals surface area contributed by atoms with Crippen LogP contribution < -0.4 is 10.6 Å². The molecular formula is C11H18N2O4S. The summed E-state index contributed by atoms with van der Waals surface area (Å²) in [6.07, 6.45) is 4.63. The van der Waals surface area contributed by atoms with Crippen molar-refractivity contribution in [2.45, 2.75) is 18.9 Å². The third kappa shape index (κ3) is 9.81. The van der Waals surface area contributed by atoms with Gasteiger partial charge in [-0.3, -0.25) is 4.79 Å². The minimum Gasteiger partial charge on any atom is -0.481 e. The zero-order valence-electron chi connectivity index (χ0n) is 10.2. The number of carbonyl (C=O) groups excluding carboxylic acids is 1. The highest BCUT2D eigenvalue weighted by Gasteiger charge is 2.24. The highest BCUT2D eigenvalue weighted by Crippen LogP contribution is 2.06. The van der Waals surface area contributed by atoms with Gasteiger partial charge in [0.2, 0.25) is 0 Å². The van der Waals surface area contributed by atoms with E-state index in [1.807, 2.05) is 0 Å². The molecule has 2 amide bonds. The number of hydrogen-bond acceptors (Lipinski definition) is 4. The number of carboxylic acid groups (broad SMARTS) is 1. The second-order valence-corrected chi connectivity index (χ2v) is 5.04. The molecule has 6 nitrogen and oxygen atoms in total. The molecule has 0 saturated carbocycles. The molecule has 1 unspecified atom stereocenters. The molecule has 0 heterocycles. The largest absolute Gasteiger partial charge is 0.481 e. The second kappa shape index (κ2) is 8.66. The van der Waals surface area contributed by atoms with Crippen molar-refractivity contribution in [2.75, 3.05) is 24.6 Å². The van der Waals surface area contributed by atoms with Gasteiger partial charge in [0.1, 0.15) is 0 Å². The molecule has 0 bridgehead atoms. The fourth-order valence-corrected chi connectivity index (χ4v) is 1.60. The molecular weight excluding hydrogens is 256 g/mol. The lowest BCUT2D eigenvalue weighted by atomic mass is 10.0. The van der Waals surface area contributed by atoms with Gasteiger partial charge in [0.05, 0.1) is 17.8 Å². The van der Waals surface area contributed by atoms with Gasteiger partial charge in [0.25, 0.3) is 0 Å². The van der Waals surface area contributed by atoms with E-state index in [2.05, 4.69) is 16.6 Å². The number of aliphatic carboxylic acids is 1. The maximum atomic E-state index is 11.3. The lowest BCUT2D eigenvalue weighted by Gasteiger charge is -2.21. The maximum Gasteiger partial charge on any atom is 0.314 e. The predicted molar refractivity (Wildman–Crippen MR) is 70.4 cm³/mol. The molecule has 1 atom stereocenters. The van der Waals surface area contributed by atoms with Gasteiger partial charge < -0.3 is 20.8 Å². The molecule has 102 valence electrons. The van der Waals surface area contributed by atoms with Crippen LogP contribution in [-0.2, 0) is 4.79 Å². The van der Waals surface area contributed by atoms with Crippen molar-refractivity contribution in [1.82, 2.24) is 10.6 Å². The second-order valence-electron chi connectivity index (χ2n) is 3.93. The Morgan fingerprint density at radius 3 is 2.67 bits per heavy atom. The van der Waals surface area contributed by atoms with Crippen LogP contribution in [0.25, 0.3) is 0 Å². The maximum absolute atomic E-state index is 11.3. The molecule has 0 aliphatic rings. The van der Waals surface area contributed by atoms with Crippen LogP contribution in [0.3, 0.4) is 0 Å². The van der Waals surface area contributed by atoms with Crippen LogP contribution in [-0.4, -0.2) is 52.4 Å². The molecule has 0 fully saturated rings. The van der Waals surface area contributed by atoms with Crippen molar-refractivity contribution in [3.8, 4) is 12.3 Å². The van der Waals surface area contributed by atoms with Gasteiger partial charge in [-0.25, -0.2) is 4.79 Å². The summed E-state index contributed by atoms with van der Waals surface area (Å²) in [7, 11) is 0. The topological polar surface area (TPSA) is 98.7 Å². The molecule has 0 aromatic heterocycles. The molecule has 0 radical (unpaired) electrons. The van der Waals surface area contributed by atoms with E-state index in [0.29, 0.717) is 18.1 Å². The van der Waals surface area contributed by atoms with E-state index in [1.54, 1.807) is 0 Å². The van der Waals surface area contributed by atoms with Crippen molar-refractivity contribution < 1.29 is 19.8 Å². The molecule has 4 N–H and O–H groups in total. The summed E-state index contributed by atoms with van der Waals surface area (Å²) in [4.78, 5) is 21.7. The summed E-state index contributed by atoms with van der Waals surface area (Å²) in [6, 6.07) is -0.443. The third-order valence-corrected chi connectivity index (χ3v) is 2.74. The molecule has 0 saturated heterocycles. The van der Waals surface area contributed by atoms with E-state index in [-0.39, 0.29) is 6.54 Å². The minimum absolute atomic E-state index is 0.122. The Morgan fingerprint density at radius 1 is 1.44 bits per heavy atom. The highest BCUT2D eigenvalue weighted by molar-refractivity contribution is 7.99. The predicted octanol–water partition coefficient (Wildman–Crippen LogP) is -0.122. The summed E-state index contributed by atoms with van der Waals surface area (Å²) >= 11 is 1.52. The molecule has 0 aliphatic carbocycles. The van der Waals surface area contributed by atoms with Gasteiger partial charge in [-0.2, -0.15) is 0 Å². The van der Waals surface area contributed by atoms with Gasteiger partial charge in [-0.15, -0.1) is 18.2 Å². The Kier molecular flexibility index (Phi) is 8.00. The first kappa shape index (κ1) is 16.6. The third-order valence-electron chi connectivity index (χ3n) is 1.88. The molecule has 18 heavy (non-hydrogen) atoms. The highest BCUT2D eigenvalue weighted by atomic mass is 32.2. The van der Waals surface area contributed by atoms with E-state index in [0.717, 1.165) is 0 Å². The summed E-state index contributed by atoms with van der Waals surface area (Å²) in [6.45, 7) is 1.69. The standard InChI is InChI=1S/C11H18N2O4S/c1-3-5-18-6-4-12-10(16)13-8-11(2,17)7-9(14)15/h1,17H,4-8H2,2H3,(H,14,15)(H2,12,13,16). The SMILES string of the molecule is C#CCSCCNC(=O)NCC(C)(O)CC(=O)O. The van der Waals surface area contributed by atoms with E-state index in [1.165, 1.54) is 18.7 Å². The average Bonchev–Trinajstić information content (AvgIpc) is 2.24. The van der Waals surface area contributed by atoms with Crippen LogP contribution in [0, 0.1) is 12.3 Å². The van der Waals surface area contributed by atoms with Crippen LogP contribution in [0.1, 0.15) is 13.3 Å². The number of carboxylic acids is 1. The zero-order chi connectivity index (χ0) is 14.0. The number of urea groups is 1. The average molecular weight is 274 g/mol. The van der Waals surface area contributed by atoms with Crippen molar-refractivity contribution in [3.05, 3.63) is 0 Å². The lowest BCUT2D eigenvalue weighted by molar-refractivity contribution is -0.141. The number of amides is 2. The van der Waals surface area contributed by atoms with E-state index >= 15 is 0 Å². The number of thioether (sulfide) groups is 1. The Balaban J connectivity index is 3.70. The van der Waals surface area contributed by atoms with E-state index in [9.17, 15) is 14.7 Å². The smallest absolute Gasteiger partial charge is 0.314 e. The minimum atomic E-state index is -1.46. The molecule has 0 spiro atoms. The fraction of sp³-hybridized carbons (Fsp3) is 0.636. The summed E-state index contributed by atoms with van der Waals surface area (Å²) < 4.78 is 0. The number of hydrogen-bond donors (Lipinski definition) is 4. The Bertz CT molecular complexity index is 325. The Morgan fingerprint density at radius 2 is 2.11 bits per heavy atom. The first-order valence-corrected chi connectivity index (χ1v) is 6.50. The van der Waals surface area contributed by atoms with Crippen LogP contribution in [0.15, 0.2) is 0 Å². The summed E-state index contributed by atoms with van der Waals surface area (Å²) in [5.41, 5.74) is -1.46. The Hall–Kier alpha value is -1.39. The number of carbonyl (C=O) groups is 2. The lowest BCUT2D eigenvalue weighted by Crippen LogP contribution is -2.46. The van der Waals surface area contributed by atoms with Crippen molar-refractivity contribution >= 4 is 23.8 Å². The van der Waals surface area contributed by atoms with Crippen molar-refractivity contribution in [3.63, 3.8) is 0 Å². The monoisotopic (exact) mass is 274 g/mol. The first-order chi connectivity index (χ1) is 8.37. The molecule has 7 heteroatoms. The summed E-state index contributed by atoms with van der Waals surface area (Å²) in [5.74, 6) is 2.64. The molecule has 0 aliphatic heterocycles. The number of aliphatic hydroxyl groups is 1. The van der Waals surface area contributed by atoms with Crippen LogP contribution in [0.4, 0.5) is 4.79 Å². The normalized spacial score (nSPS) is 13.2. The van der Waals surface area contributed by atoms with E-state index < -0.39 is 24.0 Å². The quantitative estimate of drug-likeness (QED) is 0.365. The molecule has 0 rings (SSSR count). The number of terminal acetylenes is 1. The zero-order valence-corrected chi connectivity index (χ0v) is 11.0. The first-order valence-electron chi connectivity index (χ1n) is 5.34. The van der Waals surface area contributed by atoms with E-state index in [4.69, 9.17) is 11.5 Å². The molecule has 0 aromatic carbocycles. The van der Waals surface area contributed by atoms with Gasteiger partial charge in [-0.05, 0) is 6.92 Å². The van der Waals surface area contributed by atoms with Crippen molar-refractivity contribution in [2.24, 2.45) is 0 Å². The number of rotatable bonds is 8. The van der Waals surface area contributed by atoms with Gasteiger partial charge in [0, 0.05) is 18.8 Å². The Labute approximate surface area is 111 Å².